The number of nitrogens with two attached hydrogens (primary N) is 1. The van der Waals surface area contributed by atoms with Gasteiger partial charge in [-0.25, -0.2) is 9.97 Å². The van der Waals surface area contributed by atoms with E-state index in [1.165, 1.54) is 4.88 Å². The van der Waals surface area contributed by atoms with Crippen molar-refractivity contribution in [2.24, 2.45) is 0 Å². The first kappa shape index (κ1) is 14.3. The lowest BCUT2D eigenvalue weighted by Crippen LogP contribution is -2.09. The Hall–Kier alpha value is -1.14. The summed E-state index contributed by atoms with van der Waals surface area (Å²) >= 11 is 5.22. The first-order chi connectivity index (χ1) is 9.04. The molecule has 0 aliphatic carbocycles. The van der Waals surface area contributed by atoms with Gasteiger partial charge >= 0.3 is 0 Å². The normalized spacial score (nSPS) is 10.9. The minimum atomic E-state index is 0.275. The Morgan fingerprint density at radius 1 is 1.37 bits per heavy atom. The van der Waals surface area contributed by atoms with Crippen molar-refractivity contribution in [1.29, 1.82) is 0 Å². The summed E-state index contributed by atoms with van der Waals surface area (Å²) in [4.78, 5) is 10.0. The fourth-order valence-corrected chi connectivity index (χ4v) is 3.12. The number of halogens is 1. The highest BCUT2D eigenvalue weighted by atomic mass is 79.9. The molecule has 0 bridgehead atoms. The maximum Gasteiger partial charge on any atom is 0.135 e. The first-order valence-corrected chi connectivity index (χ1v) is 7.78. The fourth-order valence-electron chi connectivity index (χ4n) is 1.63. The van der Waals surface area contributed by atoms with Gasteiger partial charge in [0.05, 0.1) is 3.79 Å². The molecule has 0 atom stereocenters. The summed E-state index contributed by atoms with van der Waals surface area (Å²) in [6, 6.07) is 5.97. The van der Waals surface area contributed by atoms with Crippen LogP contribution in [-0.4, -0.2) is 16.5 Å². The molecule has 0 saturated carbocycles. The standard InChI is InChI=1S/C13H17BrN4S/c1-8(2)13-17-11(15)7-12(18-13)16-6-5-9-3-4-10(14)19-9/h3-4,7-8H,5-6H2,1-2H3,(H3,15,16,17,18). The summed E-state index contributed by atoms with van der Waals surface area (Å²) in [5, 5.41) is 3.30. The molecule has 0 fully saturated rings. The number of hydrogen-bond donors (Lipinski definition) is 2. The van der Waals surface area contributed by atoms with E-state index < -0.39 is 0 Å². The first-order valence-electron chi connectivity index (χ1n) is 6.17. The van der Waals surface area contributed by atoms with E-state index in [1.807, 2.05) is 0 Å². The van der Waals surface area contributed by atoms with Crippen molar-refractivity contribution in [1.82, 2.24) is 9.97 Å². The smallest absolute Gasteiger partial charge is 0.135 e. The molecule has 6 heteroatoms. The zero-order valence-corrected chi connectivity index (χ0v) is 13.4. The van der Waals surface area contributed by atoms with E-state index in [0.717, 1.165) is 28.4 Å². The Morgan fingerprint density at radius 2 is 2.16 bits per heavy atom. The largest absolute Gasteiger partial charge is 0.384 e. The molecule has 19 heavy (non-hydrogen) atoms. The zero-order chi connectivity index (χ0) is 13.8. The summed E-state index contributed by atoms with van der Waals surface area (Å²) in [6.07, 6.45) is 0.969. The van der Waals surface area contributed by atoms with Gasteiger partial charge in [0.25, 0.3) is 0 Å². The third-order valence-electron chi connectivity index (χ3n) is 2.59. The number of nitrogen functional groups attached to an aromatic ring is 1. The van der Waals surface area contributed by atoms with Crippen LogP contribution in [0.3, 0.4) is 0 Å². The van der Waals surface area contributed by atoms with Gasteiger partial charge in [-0.3, -0.25) is 0 Å². The molecule has 0 aromatic carbocycles. The summed E-state index contributed by atoms with van der Waals surface area (Å²) in [5.41, 5.74) is 5.79. The van der Waals surface area contributed by atoms with E-state index in [0.29, 0.717) is 5.82 Å². The predicted molar refractivity (Wildman–Crippen MR) is 84.7 cm³/mol. The molecule has 102 valence electrons. The lowest BCUT2D eigenvalue weighted by atomic mass is 10.2. The van der Waals surface area contributed by atoms with Crippen LogP contribution in [-0.2, 0) is 6.42 Å². The summed E-state index contributed by atoms with van der Waals surface area (Å²) in [6.45, 7) is 4.95. The van der Waals surface area contributed by atoms with Crippen LogP contribution in [0.5, 0.6) is 0 Å². The Kier molecular flexibility index (Phi) is 4.76. The quantitative estimate of drug-likeness (QED) is 0.871. The van der Waals surface area contributed by atoms with Gasteiger partial charge in [-0.05, 0) is 34.5 Å². The molecule has 4 nitrogen and oxygen atoms in total. The van der Waals surface area contributed by atoms with Crippen LogP contribution in [0.25, 0.3) is 0 Å². The monoisotopic (exact) mass is 340 g/mol. The van der Waals surface area contributed by atoms with Gasteiger partial charge in [0.1, 0.15) is 17.5 Å². The Morgan fingerprint density at radius 3 is 2.79 bits per heavy atom. The maximum atomic E-state index is 5.79. The van der Waals surface area contributed by atoms with E-state index in [9.17, 15) is 0 Å². The van der Waals surface area contributed by atoms with Crippen LogP contribution in [0.15, 0.2) is 22.0 Å². The second kappa shape index (κ2) is 6.34. The van der Waals surface area contributed by atoms with Crippen molar-refractivity contribution in [3.63, 3.8) is 0 Å². The van der Waals surface area contributed by atoms with E-state index >= 15 is 0 Å². The Labute approximate surface area is 125 Å². The third-order valence-corrected chi connectivity index (χ3v) is 4.27. The van der Waals surface area contributed by atoms with Gasteiger partial charge < -0.3 is 11.1 Å². The molecular weight excluding hydrogens is 324 g/mol. The second-order valence-corrected chi connectivity index (χ2v) is 7.12. The molecular formula is C13H17BrN4S. The number of rotatable bonds is 5. The molecule has 0 saturated heterocycles. The molecule has 0 aliphatic rings. The number of aromatic nitrogens is 2. The lowest BCUT2D eigenvalue weighted by molar-refractivity contribution is 0.777. The number of anilines is 2. The second-order valence-electron chi connectivity index (χ2n) is 4.57. The number of hydrogen-bond acceptors (Lipinski definition) is 5. The molecule has 0 spiro atoms. The van der Waals surface area contributed by atoms with E-state index in [1.54, 1.807) is 17.4 Å². The van der Waals surface area contributed by atoms with Crippen LogP contribution in [0.1, 0.15) is 30.5 Å². The highest BCUT2D eigenvalue weighted by molar-refractivity contribution is 9.11. The van der Waals surface area contributed by atoms with Crippen molar-refractivity contribution in [2.45, 2.75) is 26.2 Å². The third kappa shape index (κ3) is 4.18. The molecule has 2 aromatic rings. The van der Waals surface area contributed by atoms with Crippen molar-refractivity contribution in [3.8, 4) is 0 Å². The van der Waals surface area contributed by atoms with Gasteiger partial charge in [0.2, 0.25) is 0 Å². The fraction of sp³-hybridized carbons (Fsp3) is 0.385. The molecule has 0 amide bonds. The molecule has 0 radical (unpaired) electrons. The van der Waals surface area contributed by atoms with Crippen LogP contribution >= 0.6 is 27.3 Å². The van der Waals surface area contributed by atoms with Gasteiger partial charge in [-0.2, -0.15) is 0 Å². The van der Waals surface area contributed by atoms with Crippen LogP contribution in [0.4, 0.5) is 11.6 Å². The van der Waals surface area contributed by atoms with Gasteiger partial charge in [0, 0.05) is 23.4 Å². The van der Waals surface area contributed by atoms with Crippen LogP contribution in [0.2, 0.25) is 0 Å². The Bertz CT molecular complexity index is 553. The summed E-state index contributed by atoms with van der Waals surface area (Å²) in [5.74, 6) is 2.37. The van der Waals surface area contributed by atoms with Gasteiger partial charge in [-0.1, -0.05) is 13.8 Å². The van der Waals surface area contributed by atoms with Gasteiger partial charge in [-0.15, -0.1) is 11.3 Å². The highest BCUT2D eigenvalue weighted by Crippen LogP contribution is 2.22. The highest BCUT2D eigenvalue weighted by Gasteiger charge is 2.06. The maximum absolute atomic E-state index is 5.79. The SMILES string of the molecule is CC(C)c1nc(N)cc(NCCc2ccc(Br)s2)n1. The van der Waals surface area contributed by atoms with E-state index in [-0.39, 0.29) is 5.92 Å². The average molecular weight is 341 g/mol. The van der Waals surface area contributed by atoms with Gasteiger partial charge in [0.15, 0.2) is 0 Å². The van der Waals surface area contributed by atoms with Crippen molar-refractivity contribution >= 4 is 38.9 Å². The average Bonchev–Trinajstić information content (AvgIpc) is 2.74. The van der Waals surface area contributed by atoms with Crippen molar-refractivity contribution in [3.05, 3.63) is 32.7 Å². The predicted octanol–water partition coefficient (Wildman–Crippen LogP) is 3.66. The Balaban J connectivity index is 1.95. The minimum absolute atomic E-state index is 0.275. The molecule has 0 aliphatic heterocycles. The van der Waals surface area contributed by atoms with E-state index in [4.69, 9.17) is 5.73 Å². The van der Waals surface area contributed by atoms with Crippen LogP contribution in [0, 0.1) is 0 Å². The number of thiophene rings is 1. The molecule has 2 aromatic heterocycles. The van der Waals surface area contributed by atoms with E-state index in [2.05, 4.69) is 57.2 Å². The zero-order valence-electron chi connectivity index (χ0n) is 11.0. The number of nitrogens with zero attached hydrogens (tertiary/aromatic N) is 2. The topological polar surface area (TPSA) is 63.8 Å². The summed E-state index contributed by atoms with van der Waals surface area (Å²) in [7, 11) is 0. The molecule has 2 rings (SSSR count). The number of nitrogens with one attached hydrogen (secondary N) is 1. The van der Waals surface area contributed by atoms with Crippen molar-refractivity contribution in [2.75, 3.05) is 17.6 Å². The lowest BCUT2D eigenvalue weighted by Gasteiger charge is -2.09. The minimum Gasteiger partial charge on any atom is -0.384 e. The summed E-state index contributed by atoms with van der Waals surface area (Å²) < 4.78 is 1.16. The molecule has 3 N–H and O–H groups in total. The van der Waals surface area contributed by atoms with Crippen molar-refractivity contribution < 1.29 is 0 Å². The molecule has 0 unspecified atom stereocenters. The molecule has 2 heterocycles. The van der Waals surface area contributed by atoms with Crippen LogP contribution < -0.4 is 11.1 Å².